The van der Waals surface area contributed by atoms with Gasteiger partial charge in [0.2, 0.25) is 0 Å². The molecule has 6 atom stereocenters. The highest BCUT2D eigenvalue weighted by molar-refractivity contribution is 6.05. The number of terminal acetylenes is 2. The Hall–Kier alpha value is -8.11. The summed E-state index contributed by atoms with van der Waals surface area (Å²) in [7, 11) is 2.17. The van der Waals surface area contributed by atoms with Crippen LogP contribution in [0.1, 0.15) is 76.3 Å². The summed E-state index contributed by atoms with van der Waals surface area (Å²) in [5, 5.41) is 34.6. The Morgan fingerprint density at radius 1 is 0.667 bits per heavy atom. The molecule has 6 fully saturated rings. The second-order valence-corrected chi connectivity index (χ2v) is 25.7. The third kappa shape index (κ3) is 11.3. The highest BCUT2D eigenvalue weighted by Gasteiger charge is 2.50. The first-order valence-electron chi connectivity index (χ1n) is 30.9. The van der Waals surface area contributed by atoms with Gasteiger partial charge in [0.25, 0.3) is 0 Å². The standard InChI is InChI=1S/C36H38F2N4O4.C34H33F3N4O3/c1-4-24-28(37)11-8-22-17-23(43)18-27(30(22)24)25-9-10-26-32(31(25)38)39-34(40-33(26)42-15-16-45-20-35(2,44)19-42)46-21-36-12-5-7-29(36)41(3)14-6-13-36;1-3-24-28(36)8-5-21-13-23(42)14-27(29(21)24)25-6-7-26-31(30(25)37)38-33(39-32(26)40-11-12-43-18-20(2)16-40)44-19-34-9-4-10-41(34)17-22(35)15-34/h1,8-11,17-18,29,43-44H,5-7,12-16,19-21H2,2-3H3;1,5-8,13-14,20,22,42H,4,9-12,15-19H2,2H3. The van der Waals surface area contributed by atoms with E-state index in [2.05, 4.69) is 50.5 Å². The maximum Gasteiger partial charge on any atom is 0.319 e. The molecule has 0 spiro atoms. The zero-order chi connectivity index (χ0) is 62.8. The second-order valence-electron chi connectivity index (χ2n) is 25.7. The quantitative estimate of drug-likeness (QED) is 0.0875. The van der Waals surface area contributed by atoms with Crippen molar-refractivity contribution in [1.29, 1.82) is 0 Å². The van der Waals surface area contributed by atoms with E-state index in [1.54, 1.807) is 31.2 Å². The zero-order valence-electron chi connectivity index (χ0n) is 50.6. The molecule has 0 bridgehead atoms. The number of rotatable bonds is 10. The Morgan fingerprint density at radius 3 is 1.86 bits per heavy atom. The first-order chi connectivity index (χ1) is 43.3. The number of benzene rings is 6. The van der Waals surface area contributed by atoms with Gasteiger partial charge in [-0.15, -0.1) is 12.8 Å². The van der Waals surface area contributed by atoms with E-state index in [9.17, 15) is 28.5 Å². The van der Waals surface area contributed by atoms with Crippen molar-refractivity contribution >= 4 is 55.0 Å². The molecule has 15 nitrogen and oxygen atoms in total. The van der Waals surface area contributed by atoms with Crippen LogP contribution < -0.4 is 19.3 Å². The number of β-amino-alcohol motifs (C(OH)–C–C–N with tert-alkyl or cyclic N) is 1. The second kappa shape index (κ2) is 24.3. The van der Waals surface area contributed by atoms with Crippen molar-refractivity contribution in [2.24, 2.45) is 11.3 Å². The van der Waals surface area contributed by atoms with Crippen LogP contribution in [0.25, 0.3) is 65.6 Å². The highest BCUT2D eigenvalue weighted by Crippen LogP contribution is 2.49. The van der Waals surface area contributed by atoms with E-state index in [0.29, 0.717) is 109 Å². The van der Waals surface area contributed by atoms with Gasteiger partial charge in [-0.3, -0.25) is 4.90 Å². The van der Waals surface area contributed by atoms with Crippen LogP contribution in [0.4, 0.5) is 33.6 Å². The molecule has 468 valence electrons. The predicted molar refractivity (Wildman–Crippen MR) is 336 cm³/mol. The van der Waals surface area contributed by atoms with Gasteiger partial charge in [-0.2, -0.15) is 19.9 Å². The fourth-order valence-electron chi connectivity index (χ4n) is 15.2. The number of phenols is 2. The molecular formula is C70H71F5N8O7. The average Bonchev–Trinajstić information content (AvgIpc) is 1.09. The van der Waals surface area contributed by atoms with Gasteiger partial charge in [0, 0.05) is 76.7 Å². The molecule has 14 rings (SSSR count). The Bertz CT molecular complexity index is 4220. The number of hydrogen-bond donors (Lipinski definition) is 3. The summed E-state index contributed by atoms with van der Waals surface area (Å²) >= 11 is 0. The molecule has 8 aromatic rings. The number of fused-ring (bicyclic) bond motifs is 6. The van der Waals surface area contributed by atoms with Gasteiger partial charge < -0.3 is 49.0 Å². The van der Waals surface area contributed by atoms with Crippen LogP contribution in [-0.4, -0.2) is 161 Å². The van der Waals surface area contributed by atoms with Gasteiger partial charge in [0.15, 0.2) is 11.6 Å². The molecular weight excluding hydrogens is 1160 g/mol. The van der Waals surface area contributed by atoms with E-state index in [1.807, 2.05) is 4.90 Å². The van der Waals surface area contributed by atoms with Crippen LogP contribution in [0.15, 0.2) is 72.8 Å². The first-order valence-corrected chi connectivity index (χ1v) is 30.9. The zero-order valence-corrected chi connectivity index (χ0v) is 50.6. The molecule has 0 amide bonds. The number of ether oxygens (including phenoxy) is 4. The van der Waals surface area contributed by atoms with E-state index >= 15 is 8.78 Å². The number of likely N-dealkylation sites (tertiary alicyclic amines) is 1. The topological polar surface area (TPSA) is 162 Å². The fourth-order valence-corrected chi connectivity index (χ4v) is 15.2. The van der Waals surface area contributed by atoms with Crippen molar-refractivity contribution in [2.75, 3.05) is 102 Å². The Labute approximate surface area is 518 Å². The molecule has 2 aromatic heterocycles. The Balaban J connectivity index is 0.000000165. The monoisotopic (exact) mass is 1230 g/mol. The van der Waals surface area contributed by atoms with Gasteiger partial charge in [-0.1, -0.05) is 49.5 Å². The number of halogens is 5. The number of nitrogens with zero attached hydrogens (tertiary/aromatic N) is 8. The predicted octanol–water partition coefficient (Wildman–Crippen LogP) is 11.5. The lowest BCUT2D eigenvalue weighted by Gasteiger charge is -2.44. The minimum Gasteiger partial charge on any atom is -0.508 e. The van der Waals surface area contributed by atoms with E-state index in [0.717, 1.165) is 58.0 Å². The summed E-state index contributed by atoms with van der Waals surface area (Å²) in [6.45, 7) is 10.0. The number of aromatic hydroxyl groups is 2. The summed E-state index contributed by atoms with van der Waals surface area (Å²) in [6, 6.07) is 18.2. The summed E-state index contributed by atoms with van der Waals surface area (Å²) < 4.78 is 102. The van der Waals surface area contributed by atoms with Crippen molar-refractivity contribution in [3.63, 3.8) is 0 Å². The minimum atomic E-state index is -1.16. The number of aromatic nitrogens is 4. The molecule has 0 radical (unpaired) electrons. The van der Waals surface area contributed by atoms with Gasteiger partial charge >= 0.3 is 12.0 Å². The van der Waals surface area contributed by atoms with Gasteiger partial charge in [-0.25, -0.2) is 22.0 Å². The normalized spacial score (nSPS) is 24.7. The molecule has 6 aliphatic rings. The SMILES string of the molecule is C#Cc1c(F)ccc2cc(O)cc(-c3ccc4c(N5CCOCC(C)(O)C5)nc(OCC56CCCC5N(C)CCC6)nc4c3F)c12.C#Cc1c(F)ccc2cc(O)cc(-c3ccc4c(N5CCOCC(C)C5)nc(OCC56CCCN5CC(F)C6)nc4c3F)c12. The molecule has 3 N–H and O–H groups in total. The summed E-state index contributed by atoms with van der Waals surface area (Å²) in [5.41, 5.74) is -0.945. The average molecular weight is 1230 g/mol. The van der Waals surface area contributed by atoms with Crippen LogP contribution in [0.3, 0.4) is 0 Å². The maximum absolute atomic E-state index is 16.9. The van der Waals surface area contributed by atoms with Crippen LogP contribution in [-0.2, 0) is 9.47 Å². The van der Waals surface area contributed by atoms with Gasteiger partial charge in [-0.05, 0) is 142 Å². The smallest absolute Gasteiger partial charge is 0.319 e. The lowest BCUT2D eigenvalue weighted by Crippen LogP contribution is -2.50. The molecule has 1 aliphatic carbocycles. The third-order valence-electron chi connectivity index (χ3n) is 19.3. The summed E-state index contributed by atoms with van der Waals surface area (Å²) in [5.74, 6) is 3.11. The number of anilines is 2. The van der Waals surface area contributed by atoms with Crippen LogP contribution >= 0.6 is 0 Å². The third-order valence-corrected chi connectivity index (χ3v) is 19.3. The fraction of sp³-hybridized carbons (Fsp3) is 0.429. The van der Waals surface area contributed by atoms with E-state index in [-0.39, 0.29) is 99.0 Å². The lowest BCUT2D eigenvalue weighted by molar-refractivity contribution is -0.0123. The molecule has 5 aliphatic heterocycles. The first kappa shape index (κ1) is 60.8. The summed E-state index contributed by atoms with van der Waals surface area (Å²) in [6.07, 6.45) is 18.0. The molecule has 6 unspecified atom stereocenters. The van der Waals surface area contributed by atoms with E-state index < -0.39 is 40.6 Å². The van der Waals surface area contributed by atoms with Crippen LogP contribution in [0.5, 0.6) is 23.5 Å². The van der Waals surface area contributed by atoms with Crippen molar-refractivity contribution in [3.05, 3.63) is 107 Å². The molecule has 5 saturated heterocycles. The van der Waals surface area contributed by atoms with Crippen molar-refractivity contribution in [2.45, 2.75) is 88.6 Å². The van der Waals surface area contributed by atoms with Gasteiger partial charge in [0.05, 0.1) is 56.2 Å². The molecule has 6 aromatic carbocycles. The largest absolute Gasteiger partial charge is 0.508 e. The molecule has 1 saturated carbocycles. The number of hydrogen-bond acceptors (Lipinski definition) is 15. The number of phenolic OH excluding ortho intramolecular Hbond substituents is 2. The minimum absolute atomic E-state index is 0.000951. The van der Waals surface area contributed by atoms with Crippen molar-refractivity contribution < 1.29 is 56.2 Å². The molecule has 20 heteroatoms. The Kier molecular flexibility index (Phi) is 16.4. The van der Waals surface area contributed by atoms with Crippen LogP contribution in [0, 0.1) is 59.3 Å². The van der Waals surface area contributed by atoms with Crippen LogP contribution in [0.2, 0.25) is 0 Å². The number of alkyl halides is 1. The maximum atomic E-state index is 16.9. The summed E-state index contributed by atoms with van der Waals surface area (Å²) in [4.78, 5) is 27.3. The molecule has 7 heterocycles. The number of aliphatic hydroxyl groups is 1. The van der Waals surface area contributed by atoms with Crippen molar-refractivity contribution in [1.82, 2.24) is 29.7 Å². The van der Waals surface area contributed by atoms with Gasteiger partial charge in [0.1, 0.15) is 64.2 Å². The van der Waals surface area contributed by atoms with E-state index in [1.165, 1.54) is 48.5 Å². The van der Waals surface area contributed by atoms with E-state index in [4.69, 9.17) is 41.8 Å². The highest BCUT2D eigenvalue weighted by atomic mass is 19.1. The molecule has 90 heavy (non-hydrogen) atoms. The lowest BCUT2D eigenvalue weighted by atomic mass is 9.76. The number of piperidine rings is 1. The van der Waals surface area contributed by atoms with Crippen molar-refractivity contribution in [3.8, 4) is 70.5 Å². The Morgan fingerprint density at radius 2 is 1.23 bits per heavy atom.